The number of carbonyl (C=O) groups excluding carboxylic acids is 12. The summed E-state index contributed by atoms with van der Waals surface area (Å²) in [7, 11) is 10.3. The van der Waals surface area contributed by atoms with Crippen LogP contribution in [0.15, 0.2) is 126 Å². The average Bonchev–Trinajstić information content (AvgIpc) is 1.57. The molecule has 0 radical (unpaired) electrons. The monoisotopic (exact) mass is 1880 g/mol. The van der Waals surface area contributed by atoms with Gasteiger partial charge in [-0.1, -0.05) is 164 Å². The number of epoxide rings is 1. The Bertz CT molecular complexity index is 4910. The highest BCUT2D eigenvalue weighted by molar-refractivity contribution is 8.77. The molecule has 1 aliphatic carbocycles. The van der Waals surface area contributed by atoms with E-state index in [1.54, 1.807) is 62.4 Å². The number of esters is 1. The van der Waals surface area contributed by atoms with Gasteiger partial charge < -0.3 is 97.5 Å². The van der Waals surface area contributed by atoms with E-state index < -0.39 is 192 Å². The number of methoxy groups -OCH3 is 2. The second-order valence-corrected chi connectivity index (χ2v) is 39.6. The molecule has 0 spiro atoms. The van der Waals surface area contributed by atoms with E-state index in [4.69, 9.17) is 46.8 Å². The third-order valence-electron chi connectivity index (χ3n) is 23.6. The van der Waals surface area contributed by atoms with Gasteiger partial charge in [0.2, 0.25) is 53.2 Å². The molecular formula is C90H117ClN12O20S5. The summed E-state index contributed by atoms with van der Waals surface area (Å²) in [5.41, 5.74) is 15.1. The molecule has 5 aliphatic rings. The number of anilines is 1. The maximum Gasteiger partial charge on any atom is 0.409 e. The van der Waals surface area contributed by atoms with Crippen LogP contribution < -0.4 is 63.6 Å². The van der Waals surface area contributed by atoms with Crippen molar-refractivity contribution in [2.75, 3.05) is 69.3 Å². The lowest BCUT2D eigenvalue weighted by molar-refractivity contribution is -0.162. The number of rotatable bonds is 29. The minimum absolute atomic E-state index is 0.0165. The molecule has 1 aromatic heterocycles. The molecule has 3 saturated heterocycles. The maximum atomic E-state index is 15.4. The normalized spacial score (nSPS) is 26.5. The Morgan fingerprint density at radius 2 is 1.55 bits per heavy atom. The van der Waals surface area contributed by atoms with E-state index in [-0.39, 0.29) is 79.6 Å². The molecule has 10 amide bonds. The van der Waals surface area contributed by atoms with Gasteiger partial charge in [-0.05, 0) is 148 Å². The first-order chi connectivity index (χ1) is 61.0. The summed E-state index contributed by atoms with van der Waals surface area (Å²) >= 11 is 8.34. The summed E-state index contributed by atoms with van der Waals surface area (Å²) in [5, 5.41) is 59.0. The Balaban J connectivity index is 0.808. The number of carbonyl (C=O) groups is 12. The zero-order chi connectivity index (χ0) is 92.8. The van der Waals surface area contributed by atoms with E-state index >= 15 is 14.4 Å². The number of hydrogen-bond donors (Lipinski definition) is 13. The Morgan fingerprint density at radius 1 is 0.844 bits per heavy atom. The number of ether oxygens (including phenoxy) is 5. The van der Waals surface area contributed by atoms with Gasteiger partial charge in [0.05, 0.1) is 49.6 Å². The molecule has 18 atom stereocenters. The maximum absolute atomic E-state index is 15.4. The van der Waals surface area contributed by atoms with E-state index in [0.29, 0.717) is 37.1 Å². The van der Waals surface area contributed by atoms with Gasteiger partial charge in [-0.2, -0.15) is 0 Å². The fourth-order valence-corrected chi connectivity index (χ4v) is 21.4. The Labute approximate surface area is 769 Å². The summed E-state index contributed by atoms with van der Waals surface area (Å²) in [6.45, 7) is 9.44. The van der Waals surface area contributed by atoms with Gasteiger partial charge in [-0.3, -0.25) is 53.3 Å². The van der Waals surface area contributed by atoms with Crippen LogP contribution in [0.3, 0.4) is 0 Å². The number of aliphatic hydroxyl groups excluding tert-OH is 2. The number of ketones is 1. The van der Waals surface area contributed by atoms with Crippen molar-refractivity contribution in [1.29, 1.82) is 0 Å². The van der Waals surface area contributed by atoms with Gasteiger partial charge >= 0.3 is 12.1 Å². The number of unbranched alkanes of at least 4 members (excludes halogenated alkanes) is 1. The minimum atomic E-state index is -1.93. The molecule has 3 fully saturated rings. The van der Waals surface area contributed by atoms with Gasteiger partial charge in [-0.25, -0.2) is 9.59 Å². The highest BCUT2D eigenvalue weighted by Gasteiger charge is 2.65. The van der Waals surface area contributed by atoms with Crippen molar-refractivity contribution in [1.82, 2.24) is 47.4 Å². The predicted molar refractivity (Wildman–Crippen MR) is 496 cm³/mol. The molecule has 32 nitrogen and oxygen atoms in total. The molecule has 0 unspecified atom stereocenters. The van der Waals surface area contributed by atoms with Gasteiger partial charge in [0.15, 0.2) is 11.5 Å². The Morgan fingerprint density at radius 3 is 2.27 bits per heavy atom. The van der Waals surface area contributed by atoms with Crippen LogP contribution in [-0.4, -0.2) is 252 Å². The standard InChI is InChI=1S/C90H117ClN12O20S5/c1-49-21-20-29-72(120-10)90(118)45-70(121-88(117)101-90)50(2)79-89(6,123-79)73(44-75(108)103(8)67-39-55(37-49)40-69(119-9)76(67)91)122-87(116)51(3)102(7)74(107)32-35-125-126-36-34-94-85(114)77(52(4)104)99-84(113)66-48-128-127-47-65(97-81(110)62(93)38-54-22-12-11-13-23-54)68(106)43-58(41-59-46-124-71-28-17-16-26-61(59)71)80(109)96-64(42-57-31-30-56-24-14-15-25-60(56)57)83(112)95-63(27-18-19-33-92)82(111)100-78(53(5)105)86(115)98-66/h11-17,20-26,28-29,31,39-40,46,50-53,58,62-66,70,72-73,77-79,104-105,118H,18-19,27,30,32-38,41-45,47-48,92-93H2,1-10H3,(H,94,114)(H,95,112)(H,96,109)(H,97,110)(H,98,115)(H,99,113)(H,100,111)(H,101,117)/b29-20+,49-21+/t50-,51+,52-,53-,58-,62-,63+,64-,65+,66+,70+,72-,73+,77+,78+,79+,89+,90+/m1/s1. The lowest BCUT2D eigenvalue weighted by atomic mass is 9.83. The number of halogens is 1. The molecule has 128 heavy (non-hydrogen) atoms. The van der Waals surface area contributed by atoms with Crippen LogP contribution in [-0.2, 0) is 97.4 Å². The van der Waals surface area contributed by atoms with Crippen LogP contribution in [0.1, 0.15) is 121 Å². The first-order valence-electron chi connectivity index (χ1n) is 42.6. The summed E-state index contributed by atoms with van der Waals surface area (Å²) in [6.07, 6.45) is -0.572. The third kappa shape index (κ3) is 26.8. The summed E-state index contributed by atoms with van der Waals surface area (Å²) in [5.74, 6) is -10.0. The number of Topliss-reactive ketones (excluding diaryl/α,β-unsaturated/α-hetero) is 1. The third-order valence-corrected chi connectivity index (χ3v) is 29.8. The van der Waals surface area contributed by atoms with E-state index in [1.807, 2.05) is 79.1 Å². The van der Waals surface area contributed by atoms with Gasteiger partial charge in [0, 0.05) is 93.0 Å². The molecule has 4 aromatic carbocycles. The molecule has 38 heteroatoms. The number of benzene rings is 4. The van der Waals surface area contributed by atoms with E-state index in [0.717, 1.165) is 70.6 Å². The SMILES string of the molecule is COc1cc2cc(c1Cl)N(C)C(=O)C[C@H](OC(=O)[C@H](C)N(C)C(=O)CCSSCCNC(=O)[C@@H](NC(=O)[C@@H]1CSSC[C@H](NC(=O)[C@H](N)Cc3ccccc3)C(=O)C[C@@H](Cc3csc4ccccc34)C(=O)N[C@H](CC3=CCc4ccccc43)C(=O)N[C@@H](CCCCN)C(=O)N[C@@H]([C@@H](C)O)C(=O)N1)[C@@H](C)O)[C@]1(C)O[C@H]1[C@H](C)[C@@H]1C[C@@](O)(NC(=O)O1)[C@H](OC)/C=C/C=C(\C)C2. The fourth-order valence-electron chi connectivity index (χ4n) is 15.8. The second-order valence-electron chi connectivity index (χ2n) is 33.1. The number of nitrogens with two attached hydrogens (primary N) is 2. The van der Waals surface area contributed by atoms with Crippen LogP contribution in [0.2, 0.25) is 5.02 Å². The molecule has 15 N–H and O–H groups in total. The number of fused-ring (bicyclic) bond motifs is 7. The summed E-state index contributed by atoms with van der Waals surface area (Å²) in [6, 6.07) is 16.2. The summed E-state index contributed by atoms with van der Waals surface area (Å²) in [4.78, 5) is 177. The van der Waals surface area contributed by atoms with Crippen LogP contribution >= 0.6 is 66.1 Å². The van der Waals surface area contributed by atoms with Crippen LogP contribution in [0.4, 0.5) is 10.5 Å². The van der Waals surface area contributed by atoms with Crippen molar-refractivity contribution in [3.8, 4) is 5.75 Å². The Hall–Kier alpha value is -9.09. The smallest absolute Gasteiger partial charge is 0.409 e. The molecular weight excluding hydrogens is 1760 g/mol. The lowest BCUT2D eigenvalue weighted by Gasteiger charge is -2.42. The van der Waals surface area contributed by atoms with Gasteiger partial charge in [-0.15, -0.1) is 11.3 Å². The number of hydrogen-bond acceptors (Lipinski definition) is 27. The minimum Gasteiger partial charge on any atom is -0.495 e. The molecule has 694 valence electrons. The van der Waals surface area contributed by atoms with Crippen LogP contribution in [0, 0.1) is 11.8 Å². The van der Waals surface area contributed by atoms with E-state index in [9.17, 15) is 58.5 Å². The highest BCUT2D eigenvalue weighted by Crippen LogP contribution is 2.50. The number of allylic oxidation sites excluding steroid dienone is 4. The van der Waals surface area contributed by atoms with Crippen molar-refractivity contribution in [3.63, 3.8) is 0 Å². The molecule has 5 heterocycles. The number of alkyl carbamates (subject to hydrolysis) is 1. The van der Waals surface area contributed by atoms with Crippen molar-refractivity contribution in [3.05, 3.63) is 159 Å². The number of aliphatic hydroxyl groups is 3. The lowest BCUT2D eigenvalue weighted by Crippen LogP contribution is -2.63. The summed E-state index contributed by atoms with van der Waals surface area (Å²) < 4.78 is 30.6. The average molecular weight is 1880 g/mol. The van der Waals surface area contributed by atoms with Crippen LogP contribution in [0.5, 0.6) is 5.75 Å². The number of nitrogens with one attached hydrogen (secondary N) is 8. The molecule has 0 saturated carbocycles. The number of thiophene rings is 1. The van der Waals surface area contributed by atoms with E-state index in [2.05, 4.69) is 42.5 Å². The predicted octanol–water partition coefficient (Wildman–Crippen LogP) is 6.23. The van der Waals surface area contributed by atoms with Crippen molar-refractivity contribution in [2.24, 2.45) is 23.3 Å². The van der Waals surface area contributed by atoms with E-state index in [1.165, 1.54) is 91.8 Å². The van der Waals surface area contributed by atoms with Crippen molar-refractivity contribution >= 4 is 158 Å². The molecule has 4 bridgehead atoms. The van der Waals surface area contributed by atoms with Gasteiger partial charge in [0.25, 0.3) is 0 Å². The highest BCUT2D eigenvalue weighted by atomic mass is 35.5. The topological polar surface area (TPSA) is 470 Å². The zero-order valence-electron chi connectivity index (χ0n) is 73.3. The van der Waals surface area contributed by atoms with Crippen LogP contribution in [0.25, 0.3) is 15.7 Å². The first kappa shape index (κ1) is 101. The van der Waals surface area contributed by atoms with Crippen molar-refractivity contribution < 1.29 is 96.5 Å². The first-order valence-corrected chi connectivity index (χ1v) is 48.8. The number of amides is 10. The zero-order valence-corrected chi connectivity index (χ0v) is 78.1. The number of nitrogens with zero attached hydrogens (tertiary/aromatic N) is 2. The largest absolute Gasteiger partial charge is 0.495 e. The molecule has 4 aliphatic heterocycles. The number of likely N-dealkylation sites (N-methyl/N-ethyl adjacent to an activating group) is 1. The van der Waals surface area contributed by atoms with Gasteiger partial charge in [0.1, 0.15) is 70.9 Å². The quantitative estimate of drug-likeness (QED) is 0.0109. The molecule has 10 rings (SSSR count). The second kappa shape index (κ2) is 47.1. The van der Waals surface area contributed by atoms with Crippen molar-refractivity contribution in [2.45, 2.75) is 215 Å². The fraction of sp³-hybridized carbons (Fsp3) is 0.511. The Kier molecular flexibility index (Phi) is 37.2. The molecule has 5 aromatic rings.